The number of nitrogens with zero attached hydrogens (tertiary/aromatic N) is 3. The Morgan fingerprint density at radius 2 is 2.00 bits per heavy atom. The van der Waals surface area contributed by atoms with E-state index in [4.69, 9.17) is 18.7 Å². The molecule has 0 aliphatic carbocycles. The summed E-state index contributed by atoms with van der Waals surface area (Å²) in [6.45, 7) is 1.55. The fourth-order valence-corrected chi connectivity index (χ4v) is 3.55. The van der Waals surface area contributed by atoms with E-state index in [0.29, 0.717) is 31.2 Å². The Kier molecular flexibility index (Phi) is 6.47. The molecule has 1 saturated heterocycles. The predicted molar refractivity (Wildman–Crippen MR) is 113 cm³/mol. The van der Waals surface area contributed by atoms with Crippen molar-refractivity contribution in [2.24, 2.45) is 0 Å². The van der Waals surface area contributed by atoms with E-state index in [1.54, 1.807) is 14.2 Å². The van der Waals surface area contributed by atoms with Crippen molar-refractivity contribution in [1.82, 2.24) is 15.0 Å². The van der Waals surface area contributed by atoms with E-state index in [-0.39, 0.29) is 18.6 Å². The highest BCUT2D eigenvalue weighted by Crippen LogP contribution is 2.23. The minimum absolute atomic E-state index is 0.0291. The van der Waals surface area contributed by atoms with Crippen LogP contribution in [0.1, 0.15) is 17.9 Å². The molecule has 2 heterocycles. The molecule has 1 fully saturated rings. The maximum Gasteiger partial charge on any atom is 0.252 e. The summed E-state index contributed by atoms with van der Waals surface area (Å²) in [6.07, 6.45) is 1.13. The number of carbonyl (C=O) groups is 1. The molecule has 1 aliphatic rings. The van der Waals surface area contributed by atoms with E-state index in [0.717, 1.165) is 29.0 Å². The number of hydrogen-bond donors (Lipinski definition) is 0. The van der Waals surface area contributed by atoms with E-state index in [2.05, 4.69) is 10.1 Å². The van der Waals surface area contributed by atoms with Crippen LogP contribution in [0, 0.1) is 0 Å². The monoisotopic (exact) mass is 423 g/mol. The third-order valence-electron chi connectivity index (χ3n) is 5.14. The Bertz CT molecular complexity index is 1020. The van der Waals surface area contributed by atoms with E-state index in [1.165, 1.54) is 0 Å². The standard InChI is InChI=1S/C23H25N3O5/c1-28-15-21-24-23(25-31-21)17-6-8-18(9-7-17)30-20-10-11-26(14-20)22(27)13-16-4-3-5-19(12-16)29-2/h3-9,12,20H,10-11,13-15H2,1-2H3. The molecule has 0 bridgehead atoms. The SMILES string of the molecule is COCc1nc(-c2ccc(OC3CCN(C(=O)Cc4cccc(OC)c4)C3)cc2)no1. The summed E-state index contributed by atoms with van der Waals surface area (Å²) in [5.74, 6) is 2.54. The summed E-state index contributed by atoms with van der Waals surface area (Å²) < 4.78 is 21.4. The van der Waals surface area contributed by atoms with Crippen molar-refractivity contribution in [2.45, 2.75) is 25.6 Å². The summed E-state index contributed by atoms with van der Waals surface area (Å²) in [7, 11) is 3.20. The highest BCUT2D eigenvalue weighted by Gasteiger charge is 2.27. The van der Waals surface area contributed by atoms with Gasteiger partial charge in [-0.1, -0.05) is 17.3 Å². The third-order valence-corrected chi connectivity index (χ3v) is 5.14. The molecule has 2 aromatic carbocycles. The molecule has 4 rings (SSSR count). The van der Waals surface area contributed by atoms with E-state index >= 15 is 0 Å². The lowest BCUT2D eigenvalue weighted by Gasteiger charge is -2.17. The van der Waals surface area contributed by atoms with Gasteiger partial charge in [0.15, 0.2) is 0 Å². The van der Waals surface area contributed by atoms with E-state index in [1.807, 2.05) is 53.4 Å². The quantitative estimate of drug-likeness (QED) is 0.550. The second kappa shape index (κ2) is 9.61. The fourth-order valence-electron chi connectivity index (χ4n) is 3.55. The lowest BCUT2D eigenvalue weighted by Crippen LogP contribution is -2.32. The van der Waals surface area contributed by atoms with Crippen molar-refractivity contribution in [3.63, 3.8) is 0 Å². The molecule has 1 aliphatic heterocycles. The van der Waals surface area contributed by atoms with Crippen LogP contribution in [0.2, 0.25) is 0 Å². The van der Waals surface area contributed by atoms with Crippen molar-refractivity contribution in [1.29, 1.82) is 0 Å². The van der Waals surface area contributed by atoms with Gasteiger partial charge in [0.2, 0.25) is 11.7 Å². The molecular formula is C23H25N3O5. The molecule has 8 heteroatoms. The number of methoxy groups -OCH3 is 2. The van der Waals surface area contributed by atoms with Crippen LogP contribution in [0.3, 0.4) is 0 Å². The van der Waals surface area contributed by atoms with E-state index < -0.39 is 0 Å². The van der Waals surface area contributed by atoms with Gasteiger partial charge in [0.05, 0.1) is 20.1 Å². The summed E-state index contributed by atoms with van der Waals surface area (Å²) >= 11 is 0. The van der Waals surface area contributed by atoms with Crippen molar-refractivity contribution >= 4 is 5.91 Å². The molecule has 1 atom stereocenters. The van der Waals surface area contributed by atoms with Crippen LogP contribution in [-0.4, -0.2) is 54.4 Å². The molecule has 31 heavy (non-hydrogen) atoms. The number of aromatic nitrogens is 2. The van der Waals surface area contributed by atoms with Gasteiger partial charge in [-0.3, -0.25) is 4.79 Å². The maximum atomic E-state index is 12.7. The Balaban J connectivity index is 1.30. The Morgan fingerprint density at radius 3 is 2.77 bits per heavy atom. The van der Waals surface area contributed by atoms with Crippen LogP contribution >= 0.6 is 0 Å². The summed E-state index contributed by atoms with van der Waals surface area (Å²) in [5.41, 5.74) is 1.78. The first-order chi connectivity index (χ1) is 15.1. The van der Waals surface area contributed by atoms with Gasteiger partial charge in [-0.05, 0) is 42.0 Å². The maximum absolute atomic E-state index is 12.7. The summed E-state index contributed by atoms with van der Waals surface area (Å²) in [6, 6.07) is 15.1. The number of rotatable bonds is 8. The molecular weight excluding hydrogens is 398 g/mol. The van der Waals surface area contributed by atoms with Gasteiger partial charge in [0, 0.05) is 25.6 Å². The van der Waals surface area contributed by atoms with Gasteiger partial charge in [-0.25, -0.2) is 0 Å². The third kappa shape index (κ3) is 5.21. The largest absolute Gasteiger partial charge is 0.497 e. The van der Waals surface area contributed by atoms with Crippen LogP contribution in [0.15, 0.2) is 53.1 Å². The first kappa shape index (κ1) is 20.9. The molecule has 3 aromatic rings. The lowest BCUT2D eigenvalue weighted by molar-refractivity contribution is -0.129. The fraction of sp³-hybridized carbons (Fsp3) is 0.348. The van der Waals surface area contributed by atoms with Crippen LogP contribution < -0.4 is 9.47 Å². The topological polar surface area (TPSA) is 86.9 Å². The minimum Gasteiger partial charge on any atom is -0.497 e. The number of hydrogen-bond acceptors (Lipinski definition) is 7. The van der Waals surface area contributed by atoms with Crippen LogP contribution in [0.25, 0.3) is 11.4 Å². The van der Waals surface area contributed by atoms with Gasteiger partial charge < -0.3 is 23.6 Å². The van der Waals surface area contributed by atoms with Crippen molar-refractivity contribution in [2.75, 3.05) is 27.3 Å². The predicted octanol–water partition coefficient (Wildman–Crippen LogP) is 3.11. The number of benzene rings is 2. The lowest BCUT2D eigenvalue weighted by atomic mass is 10.1. The van der Waals surface area contributed by atoms with Crippen molar-refractivity contribution in [3.05, 3.63) is 60.0 Å². The zero-order valence-electron chi connectivity index (χ0n) is 17.6. The molecule has 0 spiro atoms. The highest BCUT2D eigenvalue weighted by atomic mass is 16.5. The van der Waals surface area contributed by atoms with Gasteiger partial charge in [-0.2, -0.15) is 4.98 Å². The van der Waals surface area contributed by atoms with Gasteiger partial charge in [-0.15, -0.1) is 0 Å². The molecule has 1 unspecified atom stereocenters. The second-order valence-corrected chi connectivity index (χ2v) is 7.37. The average molecular weight is 423 g/mol. The Labute approximate surface area is 180 Å². The van der Waals surface area contributed by atoms with E-state index in [9.17, 15) is 4.79 Å². The number of likely N-dealkylation sites (tertiary alicyclic amines) is 1. The first-order valence-electron chi connectivity index (χ1n) is 10.1. The smallest absolute Gasteiger partial charge is 0.252 e. The Hall–Kier alpha value is -3.39. The molecule has 0 N–H and O–H groups in total. The summed E-state index contributed by atoms with van der Waals surface area (Å²) in [4.78, 5) is 18.8. The van der Waals surface area contributed by atoms with Gasteiger partial charge >= 0.3 is 0 Å². The van der Waals surface area contributed by atoms with Crippen LogP contribution in [0.5, 0.6) is 11.5 Å². The van der Waals surface area contributed by atoms with Crippen molar-refractivity contribution in [3.8, 4) is 22.9 Å². The highest BCUT2D eigenvalue weighted by molar-refractivity contribution is 5.79. The number of amides is 1. The van der Waals surface area contributed by atoms with Crippen molar-refractivity contribution < 1.29 is 23.5 Å². The number of carbonyl (C=O) groups excluding carboxylic acids is 1. The molecule has 1 aromatic heterocycles. The van der Waals surface area contributed by atoms with Gasteiger partial charge in [0.1, 0.15) is 24.2 Å². The minimum atomic E-state index is -0.0291. The molecule has 0 radical (unpaired) electrons. The second-order valence-electron chi connectivity index (χ2n) is 7.37. The zero-order chi connectivity index (χ0) is 21.6. The first-order valence-corrected chi connectivity index (χ1v) is 10.1. The Morgan fingerprint density at radius 1 is 1.16 bits per heavy atom. The molecule has 8 nitrogen and oxygen atoms in total. The molecule has 1 amide bonds. The molecule has 0 saturated carbocycles. The van der Waals surface area contributed by atoms with Crippen LogP contribution in [-0.2, 0) is 22.6 Å². The summed E-state index contributed by atoms with van der Waals surface area (Å²) in [5, 5.41) is 3.95. The zero-order valence-corrected chi connectivity index (χ0v) is 17.6. The number of ether oxygens (including phenoxy) is 3. The normalized spacial score (nSPS) is 15.8. The van der Waals surface area contributed by atoms with Crippen LogP contribution in [0.4, 0.5) is 0 Å². The molecule has 162 valence electrons. The van der Waals surface area contributed by atoms with Gasteiger partial charge in [0.25, 0.3) is 5.89 Å². The average Bonchev–Trinajstić information content (AvgIpc) is 3.45.